The van der Waals surface area contributed by atoms with Crippen molar-refractivity contribution in [1.29, 1.82) is 0 Å². The fourth-order valence-electron chi connectivity index (χ4n) is 2.91. The summed E-state index contributed by atoms with van der Waals surface area (Å²) in [5, 5.41) is 6.68. The molecule has 3 rings (SSSR count). The van der Waals surface area contributed by atoms with Gasteiger partial charge in [0.1, 0.15) is 24.5 Å². The van der Waals surface area contributed by atoms with E-state index in [4.69, 9.17) is 0 Å². The lowest BCUT2D eigenvalue weighted by Gasteiger charge is -2.33. The number of rotatable bonds is 5. The van der Waals surface area contributed by atoms with Crippen molar-refractivity contribution < 1.29 is 14.0 Å². The molecule has 0 radical (unpaired) electrons. The molecule has 25 heavy (non-hydrogen) atoms. The number of piperidine rings is 1. The Kier molecular flexibility index (Phi) is 5.06. The van der Waals surface area contributed by atoms with Gasteiger partial charge in [0.15, 0.2) is 0 Å². The highest BCUT2D eigenvalue weighted by molar-refractivity contribution is 6.00. The predicted octanol–water partition coefficient (Wildman–Crippen LogP) is 1.43. The standard InChI is InChI=1S/C17H20FN5O2/c1-12-4-5-13(18)15(9-12)23-7-2-3-14(17(23)25)21-16(24)6-8-22-11-19-10-20-22/h4-5,9-11,14H,2-3,6-8H2,1H3,(H,21,24)/t14-/m1/s1. The summed E-state index contributed by atoms with van der Waals surface area (Å²) < 4.78 is 15.7. The molecule has 8 heteroatoms. The highest BCUT2D eigenvalue weighted by atomic mass is 19.1. The van der Waals surface area contributed by atoms with E-state index in [9.17, 15) is 14.0 Å². The molecule has 0 bridgehead atoms. The summed E-state index contributed by atoms with van der Waals surface area (Å²) in [6.45, 7) is 2.69. The lowest BCUT2D eigenvalue weighted by Crippen LogP contribution is -2.52. The number of anilines is 1. The first-order valence-corrected chi connectivity index (χ1v) is 8.24. The Balaban J connectivity index is 1.63. The molecular formula is C17H20FN5O2. The van der Waals surface area contributed by atoms with Crippen molar-refractivity contribution in [3.05, 3.63) is 42.2 Å². The Bertz CT molecular complexity index is 762. The average Bonchev–Trinajstić information content (AvgIpc) is 3.11. The summed E-state index contributed by atoms with van der Waals surface area (Å²) in [7, 11) is 0. The van der Waals surface area contributed by atoms with Gasteiger partial charge >= 0.3 is 0 Å². The molecule has 1 aromatic heterocycles. The van der Waals surface area contributed by atoms with E-state index in [0.29, 0.717) is 25.9 Å². The van der Waals surface area contributed by atoms with Crippen LogP contribution in [0.3, 0.4) is 0 Å². The van der Waals surface area contributed by atoms with Gasteiger partial charge in [-0.2, -0.15) is 5.10 Å². The molecule has 7 nitrogen and oxygen atoms in total. The molecular weight excluding hydrogens is 325 g/mol. The number of nitrogens with zero attached hydrogens (tertiary/aromatic N) is 4. The number of benzene rings is 1. The minimum absolute atomic E-state index is 0.200. The number of carbonyl (C=O) groups is 2. The van der Waals surface area contributed by atoms with Crippen LogP contribution < -0.4 is 10.2 Å². The maximum Gasteiger partial charge on any atom is 0.249 e. The zero-order valence-corrected chi connectivity index (χ0v) is 14.0. The van der Waals surface area contributed by atoms with E-state index < -0.39 is 11.9 Å². The van der Waals surface area contributed by atoms with E-state index in [0.717, 1.165) is 5.56 Å². The highest BCUT2D eigenvalue weighted by Gasteiger charge is 2.31. The van der Waals surface area contributed by atoms with Crippen LogP contribution in [-0.2, 0) is 16.1 Å². The van der Waals surface area contributed by atoms with Gasteiger partial charge in [0.05, 0.1) is 12.2 Å². The number of amides is 2. The normalized spacial score (nSPS) is 17.6. The molecule has 1 aromatic carbocycles. The molecule has 2 amide bonds. The number of aromatic nitrogens is 3. The summed E-state index contributed by atoms with van der Waals surface area (Å²) in [5.41, 5.74) is 1.15. The minimum Gasteiger partial charge on any atom is -0.344 e. The second-order valence-corrected chi connectivity index (χ2v) is 6.12. The average molecular weight is 345 g/mol. The number of hydrogen-bond donors (Lipinski definition) is 1. The van der Waals surface area contributed by atoms with Crippen molar-refractivity contribution in [2.75, 3.05) is 11.4 Å². The Labute approximate surface area is 144 Å². The van der Waals surface area contributed by atoms with E-state index in [-0.39, 0.29) is 23.9 Å². The fourth-order valence-corrected chi connectivity index (χ4v) is 2.91. The molecule has 1 N–H and O–H groups in total. The third kappa shape index (κ3) is 4.01. The second kappa shape index (κ2) is 7.42. The first kappa shape index (κ1) is 17.1. The second-order valence-electron chi connectivity index (χ2n) is 6.12. The summed E-state index contributed by atoms with van der Waals surface area (Å²) >= 11 is 0. The van der Waals surface area contributed by atoms with Gasteiger partial charge in [-0.1, -0.05) is 6.07 Å². The lowest BCUT2D eigenvalue weighted by molar-refractivity contribution is -0.128. The highest BCUT2D eigenvalue weighted by Crippen LogP contribution is 2.25. The summed E-state index contributed by atoms with van der Waals surface area (Å²) in [4.78, 5) is 30.0. The van der Waals surface area contributed by atoms with E-state index in [2.05, 4.69) is 15.4 Å². The van der Waals surface area contributed by atoms with Crippen LogP contribution in [0.25, 0.3) is 0 Å². The third-order valence-electron chi connectivity index (χ3n) is 4.20. The fraction of sp³-hybridized carbons (Fsp3) is 0.412. The van der Waals surface area contributed by atoms with Crippen molar-refractivity contribution in [3.8, 4) is 0 Å². The Morgan fingerprint density at radius 3 is 3.04 bits per heavy atom. The van der Waals surface area contributed by atoms with Crippen LogP contribution in [0.1, 0.15) is 24.8 Å². The number of carbonyl (C=O) groups excluding carboxylic acids is 2. The molecule has 2 aromatic rings. The molecule has 1 saturated heterocycles. The molecule has 0 spiro atoms. The summed E-state index contributed by atoms with van der Waals surface area (Å²) in [6.07, 6.45) is 4.38. The van der Waals surface area contributed by atoms with Crippen molar-refractivity contribution in [3.63, 3.8) is 0 Å². The number of halogens is 1. The van der Waals surface area contributed by atoms with E-state index in [1.165, 1.54) is 23.6 Å². The van der Waals surface area contributed by atoms with Crippen molar-refractivity contribution in [2.45, 2.75) is 38.8 Å². The first-order valence-electron chi connectivity index (χ1n) is 8.24. The van der Waals surface area contributed by atoms with Crippen LogP contribution in [0.5, 0.6) is 0 Å². The maximum atomic E-state index is 14.1. The topological polar surface area (TPSA) is 80.1 Å². The molecule has 0 saturated carbocycles. The van der Waals surface area contributed by atoms with Crippen molar-refractivity contribution >= 4 is 17.5 Å². The Morgan fingerprint density at radius 2 is 2.28 bits per heavy atom. The van der Waals surface area contributed by atoms with Crippen LogP contribution in [0.2, 0.25) is 0 Å². The number of nitrogens with one attached hydrogen (secondary N) is 1. The van der Waals surface area contributed by atoms with Crippen LogP contribution in [-0.4, -0.2) is 39.2 Å². The third-order valence-corrected chi connectivity index (χ3v) is 4.20. The monoisotopic (exact) mass is 345 g/mol. The SMILES string of the molecule is Cc1ccc(F)c(N2CCC[C@@H](NC(=O)CCn3cncn3)C2=O)c1. The van der Waals surface area contributed by atoms with E-state index in [1.54, 1.807) is 16.8 Å². The van der Waals surface area contributed by atoms with E-state index in [1.807, 2.05) is 6.92 Å². The van der Waals surface area contributed by atoms with Gasteiger partial charge in [-0.05, 0) is 37.5 Å². The summed E-state index contributed by atoms with van der Waals surface area (Å²) in [6, 6.07) is 4.05. The van der Waals surface area contributed by atoms with Gasteiger partial charge in [0.2, 0.25) is 11.8 Å². The Morgan fingerprint density at radius 1 is 1.44 bits per heavy atom. The minimum atomic E-state index is -0.628. The first-order chi connectivity index (χ1) is 12.0. The van der Waals surface area contributed by atoms with Crippen LogP contribution in [0.15, 0.2) is 30.9 Å². The molecule has 1 aliphatic heterocycles. The lowest BCUT2D eigenvalue weighted by atomic mass is 10.0. The zero-order valence-electron chi connectivity index (χ0n) is 14.0. The molecule has 1 aliphatic rings. The van der Waals surface area contributed by atoms with Gasteiger partial charge in [-0.3, -0.25) is 14.3 Å². The zero-order chi connectivity index (χ0) is 17.8. The molecule has 0 aliphatic carbocycles. The summed E-state index contributed by atoms with van der Waals surface area (Å²) in [5.74, 6) is -0.942. The number of aryl methyl sites for hydroxylation is 2. The van der Waals surface area contributed by atoms with Crippen LogP contribution in [0, 0.1) is 12.7 Å². The van der Waals surface area contributed by atoms with Gasteiger partial charge in [0, 0.05) is 13.0 Å². The molecule has 2 heterocycles. The Hall–Kier alpha value is -2.77. The number of hydrogen-bond acceptors (Lipinski definition) is 4. The molecule has 1 fully saturated rings. The smallest absolute Gasteiger partial charge is 0.249 e. The molecule has 1 atom stereocenters. The van der Waals surface area contributed by atoms with E-state index >= 15 is 0 Å². The van der Waals surface area contributed by atoms with Gasteiger partial charge in [-0.25, -0.2) is 9.37 Å². The predicted molar refractivity (Wildman–Crippen MR) is 89.3 cm³/mol. The molecule has 0 unspecified atom stereocenters. The maximum absolute atomic E-state index is 14.1. The van der Waals surface area contributed by atoms with Gasteiger partial charge in [0.25, 0.3) is 0 Å². The molecule has 132 valence electrons. The quantitative estimate of drug-likeness (QED) is 0.889. The largest absolute Gasteiger partial charge is 0.344 e. The van der Waals surface area contributed by atoms with Crippen molar-refractivity contribution in [2.24, 2.45) is 0 Å². The van der Waals surface area contributed by atoms with Crippen LogP contribution >= 0.6 is 0 Å². The van der Waals surface area contributed by atoms with Gasteiger partial charge in [-0.15, -0.1) is 0 Å². The van der Waals surface area contributed by atoms with Gasteiger partial charge < -0.3 is 10.2 Å². The van der Waals surface area contributed by atoms with Crippen LogP contribution in [0.4, 0.5) is 10.1 Å². The van der Waals surface area contributed by atoms with Crippen molar-refractivity contribution in [1.82, 2.24) is 20.1 Å².